The first-order chi connectivity index (χ1) is 16.6. The van der Waals surface area contributed by atoms with Crippen molar-refractivity contribution in [2.75, 3.05) is 30.8 Å². The molecule has 3 heterocycles. The molecule has 4 aromatic rings. The third kappa shape index (κ3) is 4.28. The number of hydrogen-bond acceptors (Lipinski definition) is 8. The highest BCUT2D eigenvalue weighted by Gasteiger charge is 2.18. The summed E-state index contributed by atoms with van der Waals surface area (Å²) in [5, 5.41) is 8.01. The van der Waals surface area contributed by atoms with Crippen LogP contribution in [0.15, 0.2) is 47.7 Å². The van der Waals surface area contributed by atoms with Crippen LogP contribution in [0.1, 0.15) is 24.1 Å². The van der Waals surface area contributed by atoms with Gasteiger partial charge in [0.25, 0.3) is 5.56 Å². The quantitative estimate of drug-likeness (QED) is 0.408. The Bertz CT molecular complexity index is 1390. The number of pyridine rings is 1. The second kappa shape index (κ2) is 9.46. The zero-order valence-corrected chi connectivity index (χ0v) is 19.3. The first-order valence-corrected chi connectivity index (χ1v) is 11.5. The summed E-state index contributed by atoms with van der Waals surface area (Å²) in [5.41, 5.74) is 5.53. The zero-order valence-electron chi connectivity index (χ0n) is 19.3. The maximum atomic E-state index is 12.5. The number of benzene rings is 1. The van der Waals surface area contributed by atoms with E-state index in [0.29, 0.717) is 30.4 Å². The number of anilines is 2. The van der Waals surface area contributed by atoms with Crippen molar-refractivity contribution < 1.29 is 4.74 Å². The molecule has 0 spiro atoms. The predicted molar refractivity (Wildman–Crippen MR) is 132 cm³/mol. The van der Waals surface area contributed by atoms with E-state index >= 15 is 0 Å². The Morgan fingerprint density at radius 1 is 1.03 bits per heavy atom. The number of fused-ring (bicyclic) bond motifs is 2. The highest BCUT2D eigenvalue weighted by atomic mass is 16.5. The number of aromatic nitrogens is 5. The summed E-state index contributed by atoms with van der Waals surface area (Å²) >= 11 is 0. The van der Waals surface area contributed by atoms with Crippen LogP contribution in [0, 0.1) is 0 Å². The number of rotatable bonds is 7. The number of hydrogen-bond donors (Lipinski definition) is 2. The Morgan fingerprint density at radius 2 is 1.88 bits per heavy atom. The van der Waals surface area contributed by atoms with Crippen LogP contribution < -0.4 is 20.9 Å². The van der Waals surface area contributed by atoms with Crippen molar-refractivity contribution in [3.63, 3.8) is 0 Å². The Morgan fingerprint density at radius 3 is 2.71 bits per heavy atom. The maximum absolute atomic E-state index is 12.5. The van der Waals surface area contributed by atoms with Crippen molar-refractivity contribution in [2.24, 2.45) is 7.05 Å². The van der Waals surface area contributed by atoms with E-state index in [0.717, 1.165) is 35.2 Å². The van der Waals surface area contributed by atoms with Gasteiger partial charge in [0.05, 0.1) is 24.0 Å². The van der Waals surface area contributed by atoms with Crippen molar-refractivity contribution in [3.8, 4) is 17.1 Å². The van der Waals surface area contributed by atoms with Crippen LogP contribution in [0.25, 0.3) is 22.3 Å². The van der Waals surface area contributed by atoms with Gasteiger partial charge < -0.3 is 15.4 Å². The standard InChI is InChI=1S/C25H27N7O2/c1-32-23(33)14-22(20-9-10-26-15-29-20)31-25(32)28-12-11-27-24-17-5-3-4-6-19(17)30-21-13-16(34-2)7-8-18(21)24/h7-10,13-15H,3-6,11-12H2,1-2H3,(H,27,30)(H,28,31). The molecule has 0 atom stereocenters. The number of methoxy groups -OCH3 is 1. The lowest BCUT2D eigenvalue weighted by Crippen LogP contribution is -2.24. The van der Waals surface area contributed by atoms with Gasteiger partial charge in [-0.1, -0.05) is 0 Å². The van der Waals surface area contributed by atoms with Crippen molar-refractivity contribution in [1.29, 1.82) is 0 Å². The number of nitrogens with zero attached hydrogens (tertiary/aromatic N) is 5. The summed E-state index contributed by atoms with van der Waals surface area (Å²) in [5.74, 6) is 1.30. The van der Waals surface area contributed by atoms with E-state index < -0.39 is 0 Å². The first-order valence-electron chi connectivity index (χ1n) is 11.5. The van der Waals surface area contributed by atoms with Crippen LogP contribution in [-0.4, -0.2) is 44.7 Å². The van der Waals surface area contributed by atoms with E-state index in [2.05, 4.69) is 31.7 Å². The van der Waals surface area contributed by atoms with Crippen LogP contribution in [0.2, 0.25) is 0 Å². The van der Waals surface area contributed by atoms with Gasteiger partial charge in [0.2, 0.25) is 5.95 Å². The minimum absolute atomic E-state index is 0.151. The molecular formula is C25H27N7O2. The third-order valence-electron chi connectivity index (χ3n) is 6.16. The number of ether oxygens (including phenoxy) is 1. The molecule has 1 aromatic carbocycles. The summed E-state index contributed by atoms with van der Waals surface area (Å²) in [7, 11) is 3.38. The van der Waals surface area contributed by atoms with E-state index in [9.17, 15) is 4.79 Å². The predicted octanol–water partition coefficient (Wildman–Crippen LogP) is 3.20. The van der Waals surface area contributed by atoms with Gasteiger partial charge in [-0.25, -0.2) is 15.0 Å². The molecule has 9 heteroatoms. The molecule has 0 radical (unpaired) electrons. The summed E-state index contributed by atoms with van der Waals surface area (Å²) < 4.78 is 6.90. The molecule has 5 rings (SSSR count). The van der Waals surface area contributed by atoms with Gasteiger partial charge in [-0.2, -0.15) is 0 Å². The Balaban J connectivity index is 1.36. The molecule has 0 saturated heterocycles. The molecule has 1 aliphatic rings. The minimum Gasteiger partial charge on any atom is -0.497 e. The van der Waals surface area contributed by atoms with Crippen molar-refractivity contribution in [1.82, 2.24) is 24.5 Å². The average molecular weight is 458 g/mol. The van der Waals surface area contributed by atoms with Gasteiger partial charge in [0, 0.05) is 55.2 Å². The second-order valence-corrected chi connectivity index (χ2v) is 8.31. The van der Waals surface area contributed by atoms with Crippen LogP contribution in [0.4, 0.5) is 11.6 Å². The molecule has 0 saturated carbocycles. The van der Waals surface area contributed by atoms with Crippen LogP contribution in [0.3, 0.4) is 0 Å². The highest BCUT2D eigenvalue weighted by Crippen LogP contribution is 2.34. The third-order valence-corrected chi connectivity index (χ3v) is 6.16. The van der Waals surface area contributed by atoms with Crippen molar-refractivity contribution >= 4 is 22.5 Å². The molecule has 0 amide bonds. The van der Waals surface area contributed by atoms with Gasteiger partial charge in [0.1, 0.15) is 12.1 Å². The van der Waals surface area contributed by atoms with Crippen LogP contribution in [0.5, 0.6) is 5.75 Å². The van der Waals surface area contributed by atoms with Gasteiger partial charge in [0.15, 0.2) is 0 Å². The van der Waals surface area contributed by atoms with Gasteiger partial charge in [-0.3, -0.25) is 14.3 Å². The highest BCUT2D eigenvalue weighted by molar-refractivity contribution is 5.94. The zero-order chi connectivity index (χ0) is 23.5. The van der Waals surface area contributed by atoms with E-state index in [-0.39, 0.29) is 5.56 Å². The molecule has 2 N–H and O–H groups in total. The smallest absolute Gasteiger partial charge is 0.255 e. The van der Waals surface area contributed by atoms with E-state index in [1.54, 1.807) is 26.4 Å². The molecule has 3 aromatic heterocycles. The lowest BCUT2D eigenvalue weighted by molar-refractivity contribution is 0.415. The Labute approximate surface area is 197 Å². The molecule has 1 aliphatic carbocycles. The van der Waals surface area contributed by atoms with Crippen LogP contribution in [-0.2, 0) is 19.9 Å². The summed E-state index contributed by atoms with van der Waals surface area (Å²) in [6.07, 6.45) is 7.44. The average Bonchev–Trinajstić information content (AvgIpc) is 2.88. The van der Waals surface area contributed by atoms with E-state index in [4.69, 9.17) is 9.72 Å². The maximum Gasteiger partial charge on any atom is 0.255 e. The molecule has 174 valence electrons. The fourth-order valence-corrected chi connectivity index (χ4v) is 4.37. The number of nitrogens with one attached hydrogen (secondary N) is 2. The summed E-state index contributed by atoms with van der Waals surface area (Å²) in [4.78, 5) is 30.1. The molecule has 0 bridgehead atoms. The van der Waals surface area contributed by atoms with Gasteiger partial charge in [-0.15, -0.1) is 0 Å². The van der Waals surface area contributed by atoms with Gasteiger partial charge in [-0.05, 0) is 49.4 Å². The van der Waals surface area contributed by atoms with Gasteiger partial charge >= 0.3 is 0 Å². The fourth-order valence-electron chi connectivity index (χ4n) is 4.37. The van der Waals surface area contributed by atoms with E-state index in [1.165, 1.54) is 41.1 Å². The van der Waals surface area contributed by atoms with Crippen molar-refractivity contribution in [3.05, 3.63) is 64.5 Å². The SMILES string of the molecule is COc1ccc2c(NCCNc3nc(-c4ccncn4)cc(=O)n3C)c3c(nc2c1)CCCC3. The molecule has 0 aliphatic heterocycles. The summed E-state index contributed by atoms with van der Waals surface area (Å²) in [6.45, 7) is 1.24. The minimum atomic E-state index is -0.151. The normalized spacial score (nSPS) is 12.9. The lowest BCUT2D eigenvalue weighted by Gasteiger charge is -2.22. The Hall–Kier alpha value is -4.01. The number of aryl methyl sites for hydroxylation is 1. The molecule has 0 fully saturated rings. The van der Waals surface area contributed by atoms with E-state index in [1.807, 2.05) is 12.1 Å². The largest absolute Gasteiger partial charge is 0.497 e. The lowest BCUT2D eigenvalue weighted by atomic mass is 9.92. The second-order valence-electron chi connectivity index (χ2n) is 8.31. The molecule has 9 nitrogen and oxygen atoms in total. The monoisotopic (exact) mass is 457 g/mol. The summed E-state index contributed by atoms with van der Waals surface area (Å²) in [6, 6.07) is 9.25. The van der Waals surface area contributed by atoms with Crippen LogP contribution >= 0.6 is 0 Å². The molecule has 0 unspecified atom stereocenters. The molecule has 34 heavy (non-hydrogen) atoms. The molecular weight excluding hydrogens is 430 g/mol. The first kappa shape index (κ1) is 21.8. The fraction of sp³-hybridized carbons (Fsp3) is 0.320. The van der Waals surface area contributed by atoms with Crippen molar-refractivity contribution in [2.45, 2.75) is 25.7 Å². The topological polar surface area (TPSA) is 107 Å². The Kier molecular flexibility index (Phi) is 6.07.